The number of nitrogens with one attached hydrogen (secondary N) is 1. The van der Waals surface area contributed by atoms with Crippen molar-refractivity contribution in [2.45, 2.75) is 26.2 Å². The molecule has 2 heterocycles. The molecule has 5 nitrogen and oxygen atoms in total. The van der Waals surface area contributed by atoms with Crippen molar-refractivity contribution < 1.29 is 4.74 Å². The van der Waals surface area contributed by atoms with Gasteiger partial charge in [-0.3, -0.25) is 0 Å². The summed E-state index contributed by atoms with van der Waals surface area (Å²) in [5.41, 5.74) is 8.64. The van der Waals surface area contributed by atoms with Gasteiger partial charge >= 0.3 is 0 Å². The van der Waals surface area contributed by atoms with E-state index in [1.807, 2.05) is 42.5 Å². The molecule has 0 saturated carbocycles. The second-order valence-corrected chi connectivity index (χ2v) is 6.00. The lowest BCUT2D eigenvalue weighted by Crippen LogP contribution is -2.04. The second-order valence-electron chi connectivity index (χ2n) is 6.00. The van der Waals surface area contributed by atoms with E-state index in [1.54, 1.807) is 7.11 Å². The number of nitrogen functional groups attached to an aromatic ring is 1. The number of hydrogen-bond acceptors (Lipinski definition) is 5. The fourth-order valence-electron chi connectivity index (χ4n) is 2.84. The van der Waals surface area contributed by atoms with Crippen LogP contribution in [0.2, 0.25) is 0 Å². The highest BCUT2D eigenvalue weighted by Crippen LogP contribution is 2.34. The van der Waals surface area contributed by atoms with Gasteiger partial charge in [0.25, 0.3) is 0 Å². The highest BCUT2D eigenvalue weighted by Gasteiger charge is 2.12. The van der Waals surface area contributed by atoms with Crippen LogP contribution in [0.25, 0.3) is 22.2 Å². The third-order valence-electron chi connectivity index (χ3n) is 4.19. The summed E-state index contributed by atoms with van der Waals surface area (Å²) in [4.78, 5) is 9.08. The third kappa shape index (κ3) is 3.82. The number of unbranched alkanes of at least 4 members (excludes halogenated alkanes) is 2. The summed E-state index contributed by atoms with van der Waals surface area (Å²) < 4.78 is 5.44. The van der Waals surface area contributed by atoms with Crippen LogP contribution in [0.3, 0.4) is 0 Å². The first-order valence-electron chi connectivity index (χ1n) is 8.67. The first-order valence-corrected chi connectivity index (χ1v) is 8.67. The van der Waals surface area contributed by atoms with Crippen LogP contribution in [-0.2, 0) is 0 Å². The molecule has 0 fully saturated rings. The number of para-hydroxylation sites is 1. The predicted octanol–water partition coefficient (Wildman–Crippen LogP) is 4.49. The smallest absolute Gasteiger partial charge is 0.163 e. The fraction of sp³-hybridized carbons (Fsp3) is 0.300. The largest absolute Gasteiger partial charge is 0.496 e. The minimum Gasteiger partial charge on any atom is -0.496 e. The predicted molar refractivity (Wildman–Crippen MR) is 104 cm³/mol. The Balaban J connectivity index is 1.92. The van der Waals surface area contributed by atoms with Crippen molar-refractivity contribution in [1.82, 2.24) is 9.97 Å². The van der Waals surface area contributed by atoms with E-state index < -0.39 is 0 Å². The van der Waals surface area contributed by atoms with Gasteiger partial charge in [0.15, 0.2) is 5.65 Å². The molecule has 0 radical (unpaired) electrons. The van der Waals surface area contributed by atoms with Crippen LogP contribution in [0.15, 0.2) is 42.5 Å². The topological polar surface area (TPSA) is 73.1 Å². The molecular weight excluding hydrogens is 312 g/mol. The summed E-state index contributed by atoms with van der Waals surface area (Å²) >= 11 is 0. The van der Waals surface area contributed by atoms with Crippen LogP contribution in [0.1, 0.15) is 26.2 Å². The van der Waals surface area contributed by atoms with Gasteiger partial charge in [0, 0.05) is 23.1 Å². The number of fused-ring (bicyclic) bond motifs is 1. The minimum atomic E-state index is 0.452. The summed E-state index contributed by atoms with van der Waals surface area (Å²) in [6.45, 7) is 3.11. The van der Waals surface area contributed by atoms with Crippen molar-refractivity contribution in [3.8, 4) is 16.9 Å². The second kappa shape index (κ2) is 7.83. The lowest BCUT2D eigenvalue weighted by atomic mass is 10.0. The number of nitrogens with two attached hydrogens (primary N) is 1. The molecule has 3 aromatic rings. The van der Waals surface area contributed by atoms with E-state index in [2.05, 4.69) is 22.2 Å². The number of methoxy groups -OCH3 is 1. The molecule has 3 rings (SSSR count). The zero-order valence-corrected chi connectivity index (χ0v) is 14.7. The molecule has 1 aromatic carbocycles. The van der Waals surface area contributed by atoms with Crippen molar-refractivity contribution in [1.29, 1.82) is 0 Å². The molecule has 3 N–H and O–H groups in total. The standard InChI is InChI=1S/C20H24N4O/c1-3-4-7-12-22-18-11-10-14-13-16(19(21)24-20(14)23-18)15-8-5-6-9-17(15)25-2/h5-6,8-11,13H,3-4,7,12H2,1-2H3,(H3,21,22,23,24). The van der Waals surface area contributed by atoms with Crippen molar-refractivity contribution in [2.75, 3.05) is 24.7 Å². The molecule has 25 heavy (non-hydrogen) atoms. The highest BCUT2D eigenvalue weighted by atomic mass is 16.5. The van der Waals surface area contributed by atoms with E-state index in [-0.39, 0.29) is 0 Å². The lowest BCUT2D eigenvalue weighted by molar-refractivity contribution is 0.416. The highest BCUT2D eigenvalue weighted by molar-refractivity contribution is 5.89. The summed E-state index contributed by atoms with van der Waals surface area (Å²) in [7, 11) is 1.65. The lowest BCUT2D eigenvalue weighted by Gasteiger charge is -2.12. The SMILES string of the molecule is CCCCCNc1ccc2cc(-c3ccccc3OC)c(N)nc2n1. The maximum absolute atomic E-state index is 6.20. The van der Waals surface area contributed by atoms with Gasteiger partial charge in [-0.25, -0.2) is 9.97 Å². The van der Waals surface area contributed by atoms with Crippen LogP contribution < -0.4 is 15.8 Å². The molecule has 5 heteroatoms. The Kier molecular flexibility index (Phi) is 5.33. The van der Waals surface area contributed by atoms with Crippen molar-refractivity contribution in [3.63, 3.8) is 0 Å². The van der Waals surface area contributed by atoms with Gasteiger partial charge in [-0.1, -0.05) is 38.0 Å². The van der Waals surface area contributed by atoms with Gasteiger partial charge in [0.05, 0.1) is 7.11 Å². The molecule has 0 amide bonds. The molecular formula is C20H24N4O. The zero-order valence-electron chi connectivity index (χ0n) is 14.7. The van der Waals surface area contributed by atoms with E-state index in [1.165, 1.54) is 12.8 Å². The van der Waals surface area contributed by atoms with Crippen LogP contribution >= 0.6 is 0 Å². The quantitative estimate of drug-likeness (QED) is 0.622. The minimum absolute atomic E-state index is 0.452. The summed E-state index contributed by atoms with van der Waals surface area (Å²) in [5, 5.41) is 4.30. The average molecular weight is 336 g/mol. The van der Waals surface area contributed by atoms with Crippen molar-refractivity contribution in [3.05, 3.63) is 42.5 Å². The zero-order chi connectivity index (χ0) is 17.6. The van der Waals surface area contributed by atoms with Gasteiger partial charge in [0.1, 0.15) is 17.4 Å². The van der Waals surface area contributed by atoms with E-state index in [9.17, 15) is 0 Å². The number of aromatic nitrogens is 2. The molecule has 130 valence electrons. The van der Waals surface area contributed by atoms with Crippen molar-refractivity contribution in [2.24, 2.45) is 0 Å². The van der Waals surface area contributed by atoms with Crippen LogP contribution in [0.4, 0.5) is 11.6 Å². The number of anilines is 2. The van der Waals surface area contributed by atoms with E-state index >= 15 is 0 Å². The Morgan fingerprint density at radius 3 is 2.68 bits per heavy atom. The molecule has 0 aliphatic heterocycles. The third-order valence-corrected chi connectivity index (χ3v) is 4.19. The van der Waals surface area contributed by atoms with Crippen molar-refractivity contribution >= 4 is 22.7 Å². The monoisotopic (exact) mass is 336 g/mol. The molecule has 0 atom stereocenters. The van der Waals surface area contributed by atoms with Crippen LogP contribution in [0, 0.1) is 0 Å². The van der Waals surface area contributed by atoms with Crippen LogP contribution in [-0.4, -0.2) is 23.6 Å². The first kappa shape index (κ1) is 17.0. The van der Waals surface area contributed by atoms with E-state index in [4.69, 9.17) is 10.5 Å². The van der Waals surface area contributed by atoms with Crippen LogP contribution in [0.5, 0.6) is 5.75 Å². The summed E-state index contributed by atoms with van der Waals surface area (Å²) in [6.07, 6.45) is 3.56. The number of ether oxygens (including phenoxy) is 1. The van der Waals surface area contributed by atoms with Gasteiger partial charge in [-0.05, 0) is 30.7 Å². The maximum Gasteiger partial charge on any atom is 0.163 e. The Morgan fingerprint density at radius 1 is 1.04 bits per heavy atom. The Labute approximate surface area is 148 Å². The van der Waals surface area contributed by atoms with Gasteiger partial charge in [0.2, 0.25) is 0 Å². The average Bonchev–Trinajstić information content (AvgIpc) is 2.64. The number of hydrogen-bond donors (Lipinski definition) is 2. The van der Waals surface area contributed by atoms with Gasteiger partial charge in [-0.2, -0.15) is 0 Å². The number of benzene rings is 1. The Hall–Kier alpha value is -2.82. The fourth-order valence-corrected chi connectivity index (χ4v) is 2.84. The molecule has 0 bridgehead atoms. The number of nitrogens with zero attached hydrogens (tertiary/aromatic N) is 2. The number of pyridine rings is 2. The van der Waals surface area contributed by atoms with E-state index in [0.29, 0.717) is 11.5 Å². The molecule has 0 unspecified atom stereocenters. The molecule has 0 aliphatic rings. The van der Waals surface area contributed by atoms with Gasteiger partial charge < -0.3 is 15.8 Å². The summed E-state index contributed by atoms with van der Waals surface area (Å²) in [5.74, 6) is 2.06. The Bertz CT molecular complexity index is 863. The van der Waals surface area contributed by atoms with E-state index in [0.717, 1.165) is 41.0 Å². The molecule has 0 spiro atoms. The molecule has 0 saturated heterocycles. The maximum atomic E-state index is 6.20. The Morgan fingerprint density at radius 2 is 1.88 bits per heavy atom. The normalized spacial score (nSPS) is 10.8. The summed E-state index contributed by atoms with van der Waals surface area (Å²) in [6, 6.07) is 13.8. The first-order chi connectivity index (χ1) is 12.2. The molecule has 0 aliphatic carbocycles. The van der Waals surface area contributed by atoms with Gasteiger partial charge in [-0.15, -0.1) is 0 Å². The molecule has 2 aromatic heterocycles. The number of rotatable bonds is 7.